The number of nitrogens with zero attached hydrogens (tertiary/aromatic N) is 6. The van der Waals surface area contributed by atoms with E-state index < -0.39 is 0 Å². The molecule has 0 aliphatic rings. The number of benzene rings is 2. The number of fused-ring (bicyclic) bond motifs is 3. The Bertz CT molecular complexity index is 1250. The SMILES string of the molecule is Cc1ccc(-c2noc(CSc3nnc4n(C)c5ccccc5n34)n2)cc1. The van der Waals surface area contributed by atoms with Crippen LogP contribution in [-0.2, 0) is 12.8 Å². The molecule has 0 fully saturated rings. The number of aromatic nitrogens is 6. The van der Waals surface area contributed by atoms with Crippen molar-refractivity contribution < 1.29 is 4.52 Å². The first-order valence-corrected chi connectivity index (χ1v) is 9.50. The van der Waals surface area contributed by atoms with Gasteiger partial charge in [-0.15, -0.1) is 10.2 Å². The molecule has 0 saturated heterocycles. The van der Waals surface area contributed by atoms with E-state index in [0.717, 1.165) is 27.5 Å². The van der Waals surface area contributed by atoms with Crippen molar-refractivity contribution >= 4 is 28.6 Å². The molecule has 0 atom stereocenters. The first-order chi connectivity index (χ1) is 13.2. The summed E-state index contributed by atoms with van der Waals surface area (Å²) in [6.45, 7) is 2.05. The van der Waals surface area contributed by atoms with Crippen LogP contribution in [0.4, 0.5) is 0 Å². The van der Waals surface area contributed by atoms with Crippen LogP contribution in [0.25, 0.3) is 28.2 Å². The maximum absolute atomic E-state index is 5.41. The fourth-order valence-corrected chi connectivity index (χ4v) is 3.87. The Morgan fingerprint density at radius 1 is 1.00 bits per heavy atom. The van der Waals surface area contributed by atoms with Crippen molar-refractivity contribution in [3.05, 3.63) is 60.0 Å². The first-order valence-electron chi connectivity index (χ1n) is 8.52. The minimum Gasteiger partial charge on any atom is -0.338 e. The predicted octanol–water partition coefficient (Wildman–Crippen LogP) is 3.87. The number of imidazole rings is 1. The van der Waals surface area contributed by atoms with Crippen molar-refractivity contribution in [1.82, 2.24) is 29.3 Å². The zero-order valence-electron chi connectivity index (χ0n) is 14.8. The van der Waals surface area contributed by atoms with Gasteiger partial charge in [0, 0.05) is 12.6 Å². The van der Waals surface area contributed by atoms with Crippen molar-refractivity contribution in [3.63, 3.8) is 0 Å². The third-order valence-corrected chi connectivity index (χ3v) is 5.42. The summed E-state index contributed by atoms with van der Waals surface area (Å²) < 4.78 is 9.50. The lowest BCUT2D eigenvalue weighted by atomic mass is 10.1. The summed E-state index contributed by atoms with van der Waals surface area (Å²) in [5.41, 5.74) is 4.33. The van der Waals surface area contributed by atoms with E-state index in [1.54, 1.807) is 0 Å². The van der Waals surface area contributed by atoms with Crippen LogP contribution < -0.4 is 0 Å². The summed E-state index contributed by atoms with van der Waals surface area (Å²) in [6, 6.07) is 16.2. The predicted molar refractivity (Wildman–Crippen MR) is 103 cm³/mol. The first kappa shape index (κ1) is 16.1. The molecule has 5 aromatic rings. The number of para-hydroxylation sites is 2. The van der Waals surface area contributed by atoms with Gasteiger partial charge in [-0.3, -0.25) is 4.40 Å². The molecule has 0 bridgehead atoms. The van der Waals surface area contributed by atoms with Gasteiger partial charge in [-0.05, 0) is 19.1 Å². The molecule has 0 saturated carbocycles. The monoisotopic (exact) mass is 376 g/mol. The Labute approximate surface area is 159 Å². The molecule has 0 aliphatic heterocycles. The van der Waals surface area contributed by atoms with E-state index in [0.29, 0.717) is 17.5 Å². The summed E-state index contributed by atoms with van der Waals surface area (Å²) in [5, 5.41) is 13.5. The van der Waals surface area contributed by atoms with Crippen LogP contribution in [0, 0.1) is 6.92 Å². The highest BCUT2D eigenvalue weighted by Gasteiger charge is 2.16. The van der Waals surface area contributed by atoms with E-state index in [1.165, 1.54) is 17.3 Å². The lowest BCUT2D eigenvalue weighted by Crippen LogP contribution is -1.88. The van der Waals surface area contributed by atoms with Crippen LogP contribution in [0.15, 0.2) is 58.2 Å². The van der Waals surface area contributed by atoms with E-state index in [-0.39, 0.29) is 0 Å². The van der Waals surface area contributed by atoms with Crippen molar-refractivity contribution in [2.75, 3.05) is 0 Å². The molecule has 0 radical (unpaired) electrons. The Hall–Kier alpha value is -3.13. The summed E-state index contributed by atoms with van der Waals surface area (Å²) in [5.74, 6) is 2.50. The molecule has 3 aromatic heterocycles. The Kier molecular flexibility index (Phi) is 3.71. The number of hydrogen-bond acceptors (Lipinski definition) is 6. The molecule has 134 valence electrons. The average molecular weight is 376 g/mol. The Morgan fingerprint density at radius 2 is 1.78 bits per heavy atom. The van der Waals surface area contributed by atoms with E-state index >= 15 is 0 Å². The second kappa shape index (κ2) is 6.24. The van der Waals surface area contributed by atoms with Crippen molar-refractivity contribution in [3.8, 4) is 11.4 Å². The quantitative estimate of drug-likeness (QED) is 0.443. The molecule has 2 aromatic carbocycles. The van der Waals surface area contributed by atoms with Crippen LogP contribution in [0.3, 0.4) is 0 Å². The van der Waals surface area contributed by atoms with Gasteiger partial charge in [-0.2, -0.15) is 4.98 Å². The van der Waals surface area contributed by atoms with Crippen LogP contribution in [-0.4, -0.2) is 29.3 Å². The summed E-state index contributed by atoms with van der Waals surface area (Å²) in [6.07, 6.45) is 0. The second-order valence-electron chi connectivity index (χ2n) is 6.33. The number of hydrogen-bond donors (Lipinski definition) is 0. The maximum Gasteiger partial charge on any atom is 0.237 e. The molecule has 3 heterocycles. The number of rotatable bonds is 4. The molecule has 0 unspecified atom stereocenters. The van der Waals surface area contributed by atoms with Crippen molar-refractivity contribution in [2.45, 2.75) is 17.8 Å². The Morgan fingerprint density at radius 3 is 2.59 bits per heavy atom. The normalized spacial score (nSPS) is 11.6. The van der Waals surface area contributed by atoms with E-state index in [2.05, 4.69) is 43.8 Å². The van der Waals surface area contributed by atoms with E-state index in [1.807, 2.05) is 48.0 Å². The molecule has 8 heteroatoms. The van der Waals surface area contributed by atoms with Gasteiger partial charge < -0.3 is 9.09 Å². The summed E-state index contributed by atoms with van der Waals surface area (Å²) in [4.78, 5) is 4.50. The molecular weight excluding hydrogens is 360 g/mol. The Balaban J connectivity index is 1.42. The van der Waals surface area contributed by atoms with Gasteiger partial charge in [0.05, 0.1) is 16.8 Å². The summed E-state index contributed by atoms with van der Waals surface area (Å²) in [7, 11) is 1.99. The lowest BCUT2D eigenvalue weighted by Gasteiger charge is -1.96. The molecular formula is C19H16N6OS. The van der Waals surface area contributed by atoms with Crippen LogP contribution in [0.2, 0.25) is 0 Å². The highest BCUT2D eigenvalue weighted by atomic mass is 32.2. The zero-order valence-corrected chi connectivity index (χ0v) is 15.6. The molecule has 7 nitrogen and oxygen atoms in total. The molecule has 27 heavy (non-hydrogen) atoms. The molecule has 0 N–H and O–H groups in total. The number of aryl methyl sites for hydroxylation is 2. The topological polar surface area (TPSA) is 74.0 Å². The standard InChI is InChI=1S/C19H16N6OS/c1-12-7-9-13(10-8-12)17-20-16(26-23-17)11-27-19-22-21-18-24(2)14-5-3-4-6-15(14)25(18)19/h3-10H,11H2,1-2H3. The second-order valence-corrected chi connectivity index (χ2v) is 7.27. The number of thioether (sulfide) groups is 1. The van der Waals surface area contributed by atoms with Crippen LogP contribution >= 0.6 is 11.8 Å². The van der Waals surface area contributed by atoms with Gasteiger partial charge in [0.1, 0.15) is 0 Å². The minimum atomic E-state index is 0.531. The smallest absolute Gasteiger partial charge is 0.237 e. The van der Waals surface area contributed by atoms with Crippen LogP contribution in [0.1, 0.15) is 11.5 Å². The molecule has 0 amide bonds. The molecule has 0 spiro atoms. The highest BCUT2D eigenvalue weighted by Crippen LogP contribution is 2.27. The van der Waals surface area contributed by atoms with Crippen LogP contribution in [0.5, 0.6) is 0 Å². The van der Waals surface area contributed by atoms with Crippen molar-refractivity contribution in [1.29, 1.82) is 0 Å². The highest BCUT2D eigenvalue weighted by molar-refractivity contribution is 7.98. The van der Waals surface area contributed by atoms with Gasteiger partial charge >= 0.3 is 0 Å². The molecule has 5 rings (SSSR count). The average Bonchev–Trinajstić information content (AvgIpc) is 3.39. The zero-order chi connectivity index (χ0) is 18.4. The van der Waals surface area contributed by atoms with Gasteiger partial charge in [0.2, 0.25) is 17.5 Å². The summed E-state index contributed by atoms with van der Waals surface area (Å²) >= 11 is 1.53. The largest absolute Gasteiger partial charge is 0.338 e. The van der Waals surface area contributed by atoms with Gasteiger partial charge in [-0.1, -0.05) is 58.9 Å². The third kappa shape index (κ3) is 2.69. The van der Waals surface area contributed by atoms with Gasteiger partial charge in [-0.25, -0.2) is 0 Å². The fraction of sp³-hybridized carbons (Fsp3) is 0.158. The van der Waals surface area contributed by atoms with Crippen molar-refractivity contribution in [2.24, 2.45) is 7.05 Å². The fourth-order valence-electron chi connectivity index (χ4n) is 3.09. The van der Waals surface area contributed by atoms with E-state index in [4.69, 9.17) is 4.52 Å². The molecule has 0 aliphatic carbocycles. The van der Waals surface area contributed by atoms with Gasteiger partial charge in [0.25, 0.3) is 0 Å². The lowest BCUT2D eigenvalue weighted by molar-refractivity contribution is 0.391. The third-order valence-electron chi connectivity index (χ3n) is 4.50. The van der Waals surface area contributed by atoms with Gasteiger partial charge in [0.15, 0.2) is 5.16 Å². The van der Waals surface area contributed by atoms with E-state index in [9.17, 15) is 0 Å². The minimum absolute atomic E-state index is 0.531. The maximum atomic E-state index is 5.41.